The van der Waals surface area contributed by atoms with Gasteiger partial charge in [0.2, 0.25) is 0 Å². The fourth-order valence-electron chi connectivity index (χ4n) is 1.94. The average Bonchev–Trinajstić information content (AvgIpc) is 2.33. The highest BCUT2D eigenvalue weighted by atomic mass is 16.1. The topological polar surface area (TPSA) is 17.1 Å². The maximum Gasteiger partial charge on any atom is 0.144 e. The molecule has 1 fully saturated rings. The molecule has 1 nitrogen and oxygen atoms in total. The zero-order valence-corrected chi connectivity index (χ0v) is 5.79. The van der Waals surface area contributed by atoms with E-state index >= 15 is 0 Å². The lowest BCUT2D eigenvalue weighted by molar-refractivity contribution is -0.136. The van der Waals surface area contributed by atoms with E-state index in [0.29, 0.717) is 17.6 Å². The Kier molecular flexibility index (Phi) is 1.07. The highest BCUT2D eigenvalue weighted by molar-refractivity contribution is 5.93. The molecule has 1 heteroatoms. The van der Waals surface area contributed by atoms with Gasteiger partial charge in [-0.1, -0.05) is 18.2 Å². The van der Waals surface area contributed by atoms with Gasteiger partial charge >= 0.3 is 0 Å². The number of carbonyl (C=O) groups is 1. The van der Waals surface area contributed by atoms with Crippen molar-refractivity contribution in [1.82, 2.24) is 0 Å². The predicted octanol–water partition coefficient (Wildman–Crippen LogP) is 1.56. The molecule has 0 aromatic carbocycles. The molecule has 0 heterocycles. The molecule has 0 bridgehead atoms. The Hall–Kier alpha value is -0.850. The third-order valence-corrected chi connectivity index (χ3v) is 2.58. The van der Waals surface area contributed by atoms with E-state index in [0.717, 1.165) is 6.42 Å². The molecule has 10 heavy (non-hydrogen) atoms. The number of allylic oxidation sites excluding steroid dienone is 3. The molecule has 1 saturated carbocycles. The summed E-state index contributed by atoms with van der Waals surface area (Å²) in [5, 5.41) is 0. The number of ketones is 1. The van der Waals surface area contributed by atoms with E-state index < -0.39 is 0 Å². The summed E-state index contributed by atoms with van der Waals surface area (Å²) >= 11 is 0. The van der Waals surface area contributed by atoms with Crippen LogP contribution >= 0.6 is 0 Å². The van der Waals surface area contributed by atoms with Crippen molar-refractivity contribution in [3.8, 4) is 0 Å². The van der Waals surface area contributed by atoms with Crippen LogP contribution in [0.1, 0.15) is 6.42 Å². The monoisotopic (exact) mass is 134 g/mol. The molecule has 0 spiro atoms. The Labute approximate surface area is 60.4 Å². The molecule has 2 rings (SSSR count). The second-order valence-corrected chi connectivity index (χ2v) is 3.01. The van der Waals surface area contributed by atoms with Crippen LogP contribution in [0.4, 0.5) is 0 Å². The fraction of sp³-hybridized carbons (Fsp3) is 0.444. The molecule has 0 amide bonds. The normalized spacial score (nSPS) is 42.8. The first kappa shape index (κ1) is 5.90. The summed E-state index contributed by atoms with van der Waals surface area (Å²) in [5.41, 5.74) is 0. The Morgan fingerprint density at radius 2 is 2.50 bits per heavy atom. The van der Waals surface area contributed by atoms with Gasteiger partial charge in [-0.15, -0.1) is 6.58 Å². The largest absolute Gasteiger partial charge is 0.299 e. The molecule has 0 aliphatic heterocycles. The first-order valence-electron chi connectivity index (χ1n) is 3.67. The minimum atomic E-state index is 0.142. The van der Waals surface area contributed by atoms with E-state index in [2.05, 4.69) is 18.7 Å². The second-order valence-electron chi connectivity index (χ2n) is 3.01. The second kappa shape index (κ2) is 1.82. The van der Waals surface area contributed by atoms with Crippen LogP contribution in [0, 0.1) is 17.8 Å². The van der Waals surface area contributed by atoms with Crippen LogP contribution in [0.5, 0.6) is 0 Å². The maximum absolute atomic E-state index is 11.2. The van der Waals surface area contributed by atoms with E-state index in [1.165, 1.54) is 0 Å². The fourth-order valence-corrected chi connectivity index (χ4v) is 1.94. The third-order valence-electron chi connectivity index (χ3n) is 2.58. The van der Waals surface area contributed by atoms with Gasteiger partial charge in [0.15, 0.2) is 0 Å². The van der Waals surface area contributed by atoms with Gasteiger partial charge in [-0.25, -0.2) is 0 Å². The van der Waals surface area contributed by atoms with Crippen molar-refractivity contribution in [3.05, 3.63) is 24.8 Å². The van der Waals surface area contributed by atoms with Gasteiger partial charge in [0.05, 0.1) is 0 Å². The van der Waals surface area contributed by atoms with Crippen LogP contribution < -0.4 is 0 Å². The Bertz CT molecular complexity index is 215. The minimum absolute atomic E-state index is 0.142. The molecule has 3 atom stereocenters. The Morgan fingerprint density at radius 1 is 1.70 bits per heavy atom. The summed E-state index contributed by atoms with van der Waals surface area (Å²) in [6.45, 7) is 3.64. The van der Waals surface area contributed by atoms with Crippen molar-refractivity contribution in [2.24, 2.45) is 17.8 Å². The number of Topliss-reactive ketones (excluding diaryl/α,β-unsaturated/α-hetero) is 1. The Balaban J connectivity index is 2.20. The van der Waals surface area contributed by atoms with Gasteiger partial charge in [-0.3, -0.25) is 4.79 Å². The Morgan fingerprint density at radius 3 is 3.20 bits per heavy atom. The lowest BCUT2D eigenvalue weighted by atomic mass is 9.65. The summed E-state index contributed by atoms with van der Waals surface area (Å²) in [4.78, 5) is 11.2. The molecule has 2 aliphatic carbocycles. The van der Waals surface area contributed by atoms with Crippen molar-refractivity contribution in [1.29, 1.82) is 0 Å². The zero-order valence-electron chi connectivity index (χ0n) is 5.79. The molecule has 0 unspecified atom stereocenters. The van der Waals surface area contributed by atoms with Crippen LogP contribution in [0.25, 0.3) is 0 Å². The molecular formula is C9H10O. The van der Waals surface area contributed by atoms with Crippen LogP contribution in [-0.4, -0.2) is 5.78 Å². The summed E-state index contributed by atoms with van der Waals surface area (Å²) in [7, 11) is 0. The molecule has 0 aromatic heterocycles. The number of carbonyl (C=O) groups excluding carboxylic acids is 1. The van der Waals surface area contributed by atoms with Gasteiger partial charge in [0.25, 0.3) is 0 Å². The molecule has 0 saturated heterocycles. The SMILES string of the molecule is C=C[C@H]1C(=O)[C@@H]2CC=C[C@H]12. The van der Waals surface area contributed by atoms with E-state index in [9.17, 15) is 4.79 Å². The van der Waals surface area contributed by atoms with E-state index in [-0.39, 0.29) is 5.92 Å². The number of rotatable bonds is 1. The number of fused-ring (bicyclic) bond motifs is 1. The quantitative estimate of drug-likeness (QED) is 0.497. The summed E-state index contributed by atoms with van der Waals surface area (Å²) in [6, 6.07) is 0. The molecule has 0 aromatic rings. The average molecular weight is 134 g/mol. The summed E-state index contributed by atoms with van der Waals surface area (Å²) in [6.07, 6.45) is 7.00. The first-order valence-corrected chi connectivity index (χ1v) is 3.67. The third kappa shape index (κ3) is 0.505. The zero-order chi connectivity index (χ0) is 7.14. The van der Waals surface area contributed by atoms with E-state index in [4.69, 9.17) is 0 Å². The van der Waals surface area contributed by atoms with E-state index in [1.807, 2.05) is 0 Å². The van der Waals surface area contributed by atoms with Crippen LogP contribution in [0.3, 0.4) is 0 Å². The van der Waals surface area contributed by atoms with Crippen molar-refractivity contribution >= 4 is 5.78 Å². The van der Waals surface area contributed by atoms with Gasteiger partial charge in [-0.2, -0.15) is 0 Å². The summed E-state index contributed by atoms with van der Waals surface area (Å²) < 4.78 is 0. The molecule has 52 valence electrons. The van der Waals surface area contributed by atoms with Crippen LogP contribution in [-0.2, 0) is 4.79 Å². The molecule has 0 N–H and O–H groups in total. The lowest BCUT2D eigenvalue weighted by Crippen LogP contribution is -2.42. The molecule has 0 radical (unpaired) electrons. The molecular weight excluding hydrogens is 124 g/mol. The first-order chi connectivity index (χ1) is 4.84. The van der Waals surface area contributed by atoms with Crippen molar-refractivity contribution in [2.75, 3.05) is 0 Å². The van der Waals surface area contributed by atoms with Crippen molar-refractivity contribution < 1.29 is 4.79 Å². The van der Waals surface area contributed by atoms with Crippen LogP contribution in [0.15, 0.2) is 24.8 Å². The number of hydrogen-bond donors (Lipinski definition) is 0. The smallest absolute Gasteiger partial charge is 0.144 e. The standard InChI is InChI=1S/C9H10O/c1-2-6-7-4-3-5-8(7)9(6)10/h2-4,6-8H,1,5H2/t6-,7-,8-/m1/s1. The highest BCUT2D eigenvalue weighted by Gasteiger charge is 2.47. The van der Waals surface area contributed by atoms with Crippen LogP contribution in [0.2, 0.25) is 0 Å². The van der Waals surface area contributed by atoms with Gasteiger partial charge in [0, 0.05) is 11.8 Å². The molecule has 2 aliphatic rings. The highest BCUT2D eigenvalue weighted by Crippen LogP contribution is 2.44. The van der Waals surface area contributed by atoms with Crippen molar-refractivity contribution in [3.63, 3.8) is 0 Å². The van der Waals surface area contributed by atoms with Gasteiger partial charge in [0.1, 0.15) is 5.78 Å². The van der Waals surface area contributed by atoms with Crippen molar-refractivity contribution in [2.45, 2.75) is 6.42 Å². The lowest BCUT2D eigenvalue weighted by Gasteiger charge is -2.35. The van der Waals surface area contributed by atoms with Gasteiger partial charge in [-0.05, 0) is 12.3 Å². The van der Waals surface area contributed by atoms with E-state index in [1.54, 1.807) is 6.08 Å². The van der Waals surface area contributed by atoms with Gasteiger partial charge < -0.3 is 0 Å². The maximum atomic E-state index is 11.2. The number of hydrogen-bond acceptors (Lipinski definition) is 1. The predicted molar refractivity (Wildman–Crippen MR) is 39.4 cm³/mol. The minimum Gasteiger partial charge on any atom is -0.299 e. The summed E-state index contributed by atoms with van der Waals surface area (Å²) in [5.74, 6) is 1.36.